The lowest BCUT2D eigenvalue weighted by Gasteiger charge is -2.30. The summed E-state index contributed by atoms with van der Waals surface area (Å²) in [6, 6.07) is 1.48. The van der Waals surface area contributed by atoms with Crippen molar-refractivity contribution in [3.63, 3.8) is 0 Å². The van der Waals surface area contributed by atoms with Gasteiger partial charge < -0.3 is 5.32 Å². The topological polar surface area (TPSA) is 12.0 Å². The van der Waals surface area contributed by atoms with Crippen molar-refractivity contribution in [3.8, 4) is 0 Å². The fraction of sp³-hybridized carbons (Fsp3) is 1.00. The van der Waals surface area contributed by atoms with Gasteiger partial charge in [-0.1, -0.05) is 6.92 Å². The number of hydrogen-bond acceptors (Lipinski definition) is 1. The van der Waals surface area contributed by atoms with Gasteiger partial charge in [0.1, 0.15) is 0 Å². The van der Waals surface area contributed by atoms with Crippen LogP contribution in [0.4, 0.5) is 0 Å². The summed E-state index contributed by atoms with van der Waals surface area (Å²) < 4.78 is 0. The number of nitrogens with one attached hydrogen (secondary N) is 1. The molecule has 1 heteroatoms. The quantitative estimate of drug-likeness (QED) is 0.523. The molecular weight excluding hydrogens is 110 g/mol. The maximum absolute atomic E-state index is 3.51. The van der Waals surface area contributed by atoms with E-state index in [2.05, 4.69) is 26.1 Å². The van der Waals surface area contributed by atoms with E-state index < -0.39 is 0 Å². The van der Waals surface area contributed by atoms with Crippen LogP contribution in [-0.2, 0) is 0 Å². The highest BCUT2D eigenvalue weighted by atomic mass is 14.9. The summed E-state index contributed by atoms with van der Waals surface area (Å²) in [5.41, 5.74) is 0. The molecule has 54 valence electrons. The highest BCUT2D eigenvalue weighted by Gasteiger charge is 2.18. The average Bonchev–Trinajstić information content (AvgIpc) is 1.59. The molecule has 0 aromatic carbocycles. The zero-order chi connectivity index (χ0) is 6.85. The SMILES string of the molecule is CC1CC(C)N[C@H](C)C1. The Balaban J connectivity index is 2.34. The maximum Gasteiger partial charge on any atom is 0.00437 e. The van der Waals surface area contributed by atoms with Crippen molar-refractivity contribution in [2.24, 2.45) is 5.92 Å². The zero-order valence-corrected chi connectivity index (χ0v) is 6.65. The predicted molar refractivity (Wildman–Crippen MR) is 40.5 cm³/mol. The van der Waals surface area contributed by atoms with Crippen LogP contribution in [0.1, 0.15) is 33.6 Å². The van der Waals surface area contributed by atoms with Gasteiger partial charge in [-0.25, -0.2) is 0 Å². The molecule has 3 atom stereocenters. The van der Waals surface area contributed by atoms with Crippen molar-refractivity contribution in [3.05, 3.63) is 0 Å². The summed E-state index contributed by atoms with van der Waals surface area (Å²) in [7, 11) is 0. The minimum absolute atomic E-state index is 0.740. The molecule has 0 bridgehead atoms. The Morgan fingerprint density at radius 2 is 1.44 bits per heavy atom. The van der Waals surface area contributed by atoms with Crippen molar-refractivity contribution in [1.29, 1.82) is 0 Å². The van der Waals surface area contributed by atoms with Crippen LogP contribution in [0, 0.1) is 5.92 Å². The summed E-state index contributed by atoms with van der Waals surface area (Å²) >= 11 is 0. The van der Waals surface area contributed by atoms with Gasteiger partial charge in [0, 0.05) is 12.1 Å². The smallest absolute Gasteiger partial charge is 0.00437 e. The fourth-order valence-corrected chi connectivity index (χ4v) is 1.93. The second-order valence-electron chi connectivity index (χ2n) is 3.55. The van der Waals surface area contributed by atoms with Crippen molar-refractivity contribution in [2.45, 2.75) is 45.7 Å². The van der Waals surface area contributed by atoms with E-state index >= 15 is 0 Å². The Labute approximate surface area is 57.8 Å². The largest absolute Gasteiger partial charge is 0.312 e. The normalized spacial score (nSPS) is 45.0. The summed E-state index contributed by atoms with van der Waals surface area (Å²) in [6.45, 7) is 6.88. The molecular formula is C8H17N. The third-order valence-electron chi connectivity index (χ3n) is 2.08. The van der Waals surface area contributed by atoms with Gasteiger partial charge in [-0.3, -0.25) is 0 Å². The lowest BCUT2D eigenvalue weighted by molar-refractivity contribution is 0.279. The van der Waals surface area contributed by atoms with E-state index in [0.717, 1.165) is 18.0 Å². The van der Waals surface area contributed by atoms with Crippen LogP contribution in [0.25, 0.3) is 0 Å². The Hall–Kier alpha value is -0.0400. The molecule has 1 nitrogen and oxygen atoms in total. The molecule has 1 rings (SSSR count). The van der Waals surface area contributed by atoms with Crippen LogP contribution < -0.4 is 5.32 Å². The lowest BCUT2D eigenvalue weighted by Crippen LogP contribution is -2.41. The zero-order valence-electron chi connectivity index (χ0n) is 6.65. The maximum atomic E-state index is 3.51. The molecule has 9 heavy (non-hydrogen) atoms. The van der Waals surface area contributed by atoms with Crippen LogP contribution in [0.15, 0.2) is 0 Å². The van der Waals surface area contributed by atoms with Gasteiger partial charge >= 0.3 is 0 Å². The lowest BCUT2D eigenvalue weighted by atomic mass is 9.91. The average molecular weight is 127 g/mol. The minimum atomic E-state index is 0.740. The highest BCUT2D eigenvalue weighted by Crippen LogP contribution is 2.18. The van der Waals surface area contributed by atoms with Crippen molar-refractivity contribution >= 4 is 0 Å². The standard InChI is InChI=1S/C8H17N/c1-6-4-7(2)9-8(3)5-6/h6-9H,4-5H2,1-3H3/t6?,7-,8?/m1/s1. The Kier molecular flexibility index (Phi) is 2.12. The van der Waals surface area contributed by atoms with Crippen LogP contribution in [0.2, 0.25) is 0 Å². The van der Waals surface area contributed by atoms with Gasteiger partial charge in [0.2, 0.25) is 0 Å². The van der Waals surface area contributed by atoms with E-state index in [1.165, 1.54) is 12.8 Å². The molecule has 1 saturated heterocycles. The van der Waals surface area contributed by atoms with Gasteiger partial charge in [0.15, 0.2) is 0 Å². The Morgan fingerprint density at radius 3 is 1.78 bits per heavy atom. The first-order valence-electron chi connectivity index (χ1n) is 3.94. The Bertz CT molecular complexity index is 65.5. The molecule has 0 radical (unpaired) electrons. The number of piperidine rings is 1. The molecule has 0 amide bonds. The fourth-order valence-electron chi connectivity index (χ4n) is 1.93. The van der Waals surface area contributed by atoms with E-state index in [0.29, 0.717) is 0 Å². The van der Waals surface area contributed by atoms with E-state index in [9.17, 15) is 0 Å². The van der Waals surface area contributed by atoms with E-state index in [1.807, 2.05) is 0 Å². The number of rotatable bonds is 0. The van der Waals surface area contributed by atoms with Crippen LogP contribution in [0.3, 0.4) is 0 Å². The first kappa shape index (κ1) is 7.07. The van der Waals surface area contributed by atoms with Gasteiger partial charge in [-0.05, 0) is 32.6 Å². The summed E-state index contributed by atoms with van der Waals surface area (Å²) in [5.74, 6) is 0.927. The second-order valence-corrected chi connectivity index (χ2v) is 3.55. The van der Waals surface area contributed by atoms with E-state index in [4.69, 9.17) is 0 Å². The molecule has 0 aliphatic carbocycles. The third kappa shape index (κ3) is 1.98. The first-order chi connectivity index (χ1) is 4.18. The molecule has 1 heterocycles. The molecule has 0 spiro atoms. The molecule has 2 unspecified atom stereocenters. The van der Waals surface area contributed by atoms with Crippen molar-refractivity contribution in [1.82, 2.24) is 5.32 Å². The van der Waals surface area contributed by atoms with Crippen LogP contribution in [0.5, 0.6) is 0 Å². The second kappa shape index (κ2) is 2.70. The molecule has 0 saturated carbocycles. The van der Waals surface area contributed by atoms with Gasteiger partial charge in [0.25, 0.3) is 0 Å². The van der Waals surface area contributed by atoms with Gasteiger partial charge in [0.05, 0.1) is 0 Å². The highest BCUT2D eigenvalue weighted by molar-refractivity contribution is 4.77. The van der Waals surface area contributed by atoms with E-state index in [-0.39, 0.29) is 0 Å². The molecule has 1 fully saturated rings. The van der Waals surface area contributed by atoms with E-state index in [1.54, 1.807) is 0 Å². The van der Waals surface area contributed by atoms with Crippen molar-refractivity contribution in [2.75, 3.05) is 0 Å². The first-order valence-corrected chi connectivity index (χ1v) is 3.94. The summed E-state index contributed by atoms with van der Waals surface area (Å²) in [6.07, 6.45) is 2.70. The van der Waals surface area contributed by atoms with Gasteiger partial charge in [-0.2, -0.15) is 0 Å². The predicted octanol–water partition coefficient (Wildman–Crippen LogP) is 1.78. The molecule has 1 aliphatic rings. The summed E-state index contributed by atoms with van der Waals surface area (Å²) in [5, 5.41) is 3.51. The Morgan fingerprint density at radius 1 is 1.00 bits per heavy atom. The number of hydrogen-bond donors (Lipinski definition) is 1. The third-order valence-corrected chi connectivity index (χ3v) is 2.08. The summed E-state index contributed by atoms with van der Waals surface area (Å²) in [4.78, 5) is 0. The van der Waals surface area contributed by atoms with Crippen LogP contribution >= 0.6 is 0 Å². The molecule has 0 aromatic rings. The molecule has 1 N–H and O–H groups in total. The van der Waals surface area contributed by atoms with Crippen molar-refractivity contribution < 1.29 is 0 Å². The van der Waals surface area contributed by atoms with Gasteiger partial charge in [-0.15, -0.1) is 0 Å². The monoisotopic (exact) mass is 127 g/mol. The minimum Gasteiger partial charge on any atom is -0.312 e. The molecule has 0 aromatic heterocycles. The molecule has 1 aliphatic heterocycles. The van der Waals surface area contributed by atoms with Crippen LogP contribution in [-0.4, -0.2) is 12.1 Å².